The zero-order chi connectivity index (χ0) is 8.81. The summed E-state index contributed by atoms with van der Waals surface area (Å²) >= 11 is 0. The predicted octanol–water partition coefficient (Wildman–Crippen LogP) is 1.47. The van der Waals surface area contributed by atoms with Gasteiger partial charge in [0.05, 0.1) is 7.11 Å². The van der Waals surface area contributed by atoms with E-state index >= 15 is 0 Å². The largest absolute Gasteiger partial charge is 0.497 e. The Kier molecular flexibility index (Phi) is 3.61. The van der Waals surface area contributed by atoms with Crippen LogP contribution in [-0.2, 0) is 0 Å². The third-order valence-corrected chi connectivity index (χ3v) is 1.66. The van der Waals surface area contributed by atoms with E-state index in [0.29, 0.717) is 0 Å². The van der Waals surface area contributed by atoms with E-state index in [1.54, 1.807) is 7.11 Å². The molecule has 0 heterocycles. The molecule has 0 atom stereocenters. The second-order valence-corrected chi connectivity index (χ2v) is 2.53. The number of hydrogen-bond donors (Lipinski definition) is 1. The fourth-order valence-electron chi connectivity index (χ4n) is 0.960. The van der Waals surface area contributed by atoms with Crippen LogP contribution in [0.25, 0.3) is 0 Å². The summed E-state index contributed by atoms with van der Waals surface area (Å²) in [5, 5.41) is 3.06. The summed E-state index contributed by atoms with van der Waals surface area (Å²) in [6, 6.07) is 8.00. The molecule has 2 nitrogen and oxygen atoms in total. The number of nitrogens with one attached hydrogen (secondary N) is 1. The molecule has 0 saturated heterocycles. The molecule has 0 fully saturated rings. The smallest absolute Gasteiger partial charge is 0.118 e. The lowest BCUT2D eigenvalue weighted by atomic mass is 10.1. The summed E-state index contributed by atoms with van der Waals surface area (Å²) in [6.45, 7) is 0.895. The van der Waals surface area contributed by atoms with Crippen LogP contribution in [0.4, 0.5) is 0 Å². The Bertz CT molecular complexity index is 218. The highest BCUT2D eigenvalue weighted by molar-refractivity contribution is 5.31. The van der Waals surface area contributed by atoms with E-state index in [-0.39, 0.29) is 0 Å². The summed E-state index contributed by atoms with van der Waals surface area (Å²) in [4.78, 5) is 0. The first-order chi connectivity index (χ1) is 5.86. The Morgan fingerprint density at radius 1 is 1.33 bits per heavy atom. The van der Waals surface area contributed by atoms with Gasteiger partial charge in [-0.1, -0.05) is 12.1 Å². The number of methoxy groups -OCH3 is 1. The van der Waals surface area contributed by atoms with E-state index in [0.717, 1.165) is 12.3 Å². The van der Waals surface area contributed by atoms with E-state index in [2.05, 4.69) is 11.7 Å². The molecule has 0 saturated carbocycles. The van der Waals surface area contributed by atoms with Crippen molar-refractivity contribution in [2.24, 2.45) is 0 Å². The molecule has 1 aromatic carbocycles. The van der Waals surface area contributed by atoms with Gasteiger partial charge in [0.2, 0.25) is 0 Å². The van der Waals surface area contributed by atoms with E-state index in [1.165, 1.54) is 5.56 Å². The third-order valence-electron chi connectivity index (χ3n) is 1.66. The minimum atomic E-state index is 0.895. The van der Waals surface area contributed by atoms with Gasteiger partial charge in [0, 0.05) is 13.0 Å². The monoisotopic (exact) mass is 164 g/mol. The maximum Gasteiger partial charge on any atom is 0.118 e. The zero-order valence-electron chi connectivity index (χ0n) is 7.50. The molecule has 1 radical (unpaired) electrons. The fourth-order valence-corrected chi connectivity index (χ4v) is 0.960. The topological polar surface area (TPSA) is 21.3 Å². The quantitative estimate of drug-likeness (QED) is 0.727. The Hall–Kier alpha value is -1.02. The van der Waals surface area contributed by atoms with E-state index in [9.17, 15) is 0 Å². The molecule has 1 N–H and O–H groups in total. The maximum absolute atomic E-state index is 5.04. The predicted molar refractivity (Wildman–Crippen MR) is 50.3 cm³/mol. The lowest BCUT2D eigenvalue weighted by Gasteiger charge is -2.02. The Balaban J connectivity index is 2.53. The number of ether oxygens (including phenoxy) is 1. The fraction of sp³-hybridized carbons (Fsp3) is 0.300. The summed E-state index contributed by atoms with van der Waals surface area (Å²) in [7, 11) is 3.60. The molecule has 0 amide bonds. The average Bonchev–Trinajstić information content (AvgIpc) is 2.15. The second-order valence-electron chi connectivity index (χ2n) is 2.53. The Morgan fingerprint density at radius 2 is 2.00 bits per heavy atom. The molecular formula is C10H14NO. The van der Waals surface area contributed by atoms with E-state index in [1.807, 2.05) is 31.3 Å². The minimum Gasteiger partial charge on any atom is -0.497 e. The number of rotatable bonds is 4. The normalized spacial score (nSPS) is 9.83. The molecule has 0 bridgehead atoms. The van der Waals surface area contributed by atoms with Crippen molar-refractivity contribution in [2.45, 2.75) is 0 Å². The van der Waals surface area contributed by atoms with Crippen LogP contribution in [0.2, 0.25) is 0 Å². The molecule has 65 valence electrons. The Morgan fingerprint density at radius 3 is 2.50 bits per heavy atom. The summed E-state index contributed by atoms with van der Waals surface area (Å²) < 4.78 is 5.04. The zero-order valence-corrected chi connectivity index (χ0v) is 7.50. The van der Waals surface area contributed by atoms with Crippen molar-refractivity contribution in [3.63, 3.8) is 0 Å². The molecule has 0 aliphatic carbocycles. The summed E-state index contributed by atoms with van der Waals surface area (Å²) in [5.74, 6) is 0.900. The van der Waals surface area contributed by atoms with Gasteiger partial charge in [-0.2, -0.15) is 0 Å². The highest BCUT2D eigenvalue weighted by Gasteiger charge is 1.92. The van der Waals surface area contributed by atoms with Crippen molar-refractivity contribution < 1.29 is 4.74 Å². The molecule has 0 unspecified atom stereocenters. The van der Waals surface area contributed by atoms with Crippen molar-refractivity contribution in [3.8, 4) is 5.75 Å². The van der Waals surface area contributed by atoms with Crippen LogP contribution >= 0.6 is 0 Å². The van der Waals surface area contributed by atoms with Gasteiger partial charge in [-0.3, -0.25) is 0 Å². The van der Waals surface area contributed by atoms with Crippen molar-refractivity contribution in [2.75, 3.05) is 20.7 Å². The molecule has 1 rings (SSSR count). The van der Waals surface area contributed by atoms with Crippen LogP contribution in [0.1, 0.15) is 5.56 Å². The molecule has 0 aromatic heterocycles. The van der Waals surface area contributed by atoms with Gasteiger partial charge in [0.1, 0.15) is 5.75 Å². The lowest BCUT2D eigenvalue weighted by molar-refractivity contribution is 0.414. The summed E-state index contributed by atoms with van der Waals surface area (Å²) in [6.07, 6.45) is 2.12. The van der Waals surface area contributed by atoms with E-state index in [4.69, 9.17) is 4.74 Å². The molecule has 0 spiro atoms. The first-order valence-corrected chi connectivity index (χ1v) is 3.98. The van der Waals surface area contributed by atoms with Gasteiger partial charge in [-0.25, -0.2) is 0 Å². The first-order valence-electron chi connectivity index (χ1n) is 3.98. The molecule has 0 aliphatic heterocycles. The molecule has 1 aromatic rings. The first kappa shape index (κ1) is 9.07. The van der Waals surface area contributed by atoms with Gasteiger partial charge in [0.25, 0.3) is 0 Å². The van der Waals surface area contributed by atoms with Gasteiger partial charge in [-0.15, -0.1) is 0 Å². The minimum absolute atomic E-state index is 0.895. The highest BCUT2D eigenvalue weighted by Crippen LogP contribution is 2.11. The molecule has 0 aliphatic rings. The van der Waals surface area contributed by atoms with Gasteiger partial charge in [0.15, 0.2) is 0 Å². The van der Waals surface area contributed by atoms with E-state index < -0.39 is 0 Å². The average molecular weight is 164 g/mol. The van der Waals surface area contributed by atoms with Crippen LogP contribution in [0.5, 0.6) is 5.75 Å². The van der Waals surface area contributed by atoms with Crippen LogP contribution < -0.4 is 10.1 Å². The van der Waals surface area contributed by atoms with Crippen molar-refractivity contribution in [1.29, 1.82) is 0 Å². The van der Waals surface area contributed by atoms with Crippen LogP contribution in [0.3, 0.4) is 0 Å². The van der Waals surface area contributed by atoms with Crippen LogP contribution in [0, 0.1) is 6.42 Å². The molecule has 2 heteroatoms. The van der Waals surface area contributed by atoms with Crippen LogP contribution in [-0.4, -0.2) is 20.7 Å². The number of benzene rings is 1. The highest BCUT2D eigenvalue weighted by atomic mass is 16.5. The molecular weight excluding hydrogens is 150 g/mol. The van der Waals surface area contributed by atoms with Gasteiger partial charge < -0.3 is 10.1 Å². The second kappa shape index (κ2) is 4.78. The number of likely N-dealkylation sites (N-methyl/N-ethyl adjacent to an activating group) is 1. The van der Waals surface area contributed by atoms with Crippen molar-refractivity contribution >= 4 is 0 Å². The standard InChI is InChI=1S/C10H14NO/c1-11-8-7-9-3-5-10(12-2)6-4-9/h3-7,11H,8H2,1-2H3. The van der Waals surface area contributed by atoms with Crippen molar-refractivity contribution in [1.82, 2.24) is 5.32 Å². The van der Waals surface area contributed by atoms with Gasteiger partial charge in [-0.05, 0) is 24.7 Å². The number of hydrogen-bond acceptors (Lipinski definition) is 2. The lowest BCUT2D eigenvalue weighted by Crippen LogP contribution is -2.08. The SMILES string of the molecule is CNC[CH]c1ccc(OC)cc1. The Labute approximate surface area is 73.6 Å². The summed E-state index contributed by atoms with van der Waals surface area (Å²) in [5.41, 5.74) is 1.21. The maximum atomic E-state index is 5.04. The van der Waals surface area contributed by atoms with Crippen molar-refractivity contribution in [3.05, 3.63) is 36.2 Å². The van der Waals surface area contributed by atoms with Gasteiger partial charge >= 0.3 is 0 Å². The van der Waals surface area contributed by atoms with Crippen LogP contribution in [0.15, 0.2) is 24.3 Å². The third kappa shape index (κ3) is 2.55. The molecule has 12 heavy (non-hydrogen) atoms.